The highest BCUT2D eigenvalue weighted by Crippen LogP contribution is 2.43. The molecule has 3 rings (SSSR count). The second-order valence-electron chi connectivity index (χ2n) is 5.72. The number of carboxylic acid groups (broad SMARTS) is 1. The fourth-order valence-electron chi connectivity index (χ4n) is 3.21. The molecule has 0 bridgehead atoms. The molecular formula is C16H19NO3. The van der Waals surface area contributed by atoms with E-state index in [4.69, 9.17) is 0 Å². The molecule has 1 aliphatic heterocycles. The molecule has 2 fully saturated rings. The molecule has 2 aliphatic rings. The molecule has 106 valence electrons. The van der Waals surface area contributed by atoms with Crippen LogP contribution in [-0.2, 0) is 9.59 Å². The third-order valence-electron chi connectivity index (χ3n) is 4.39. The van der Waals surface area contributed by atoms with Gasteiger partial charge in [0.2, 0.25) is 5.91 Å². The van der Waals surface area contributed by atoms with Crippen LogP contribution in [0.5, 0.6) is 0 Å². The maximum Gasteiger partial charge on any atom is 0.309 e. The Kier molecular flexibility index (Phi) is 3.24. The van der Waals surface area contributed by atoms with Crippen LogP contribution in [0.4, 0.5) is 0 Å². The molecule has 1 saturated carbocycles. The minimum absolute atomic E-state index is 0.0540. The molecular weight excluding hydrogens is 254 g/mol. The molecule has 2 unspecified atom stereocenters. The van der Waals surface area contributed by atoms with Crippen molar-refractivity contribution in [3.05, 3.63) is 35.4 Å². The van der Waals surface area contributed by atoms with E-state index in [0.29, 0.717) is 12.5 Å². The number of hydrogen-bond donors (Lipinski definition) is 1. The third kappa shape index (κ3) is 2.19. The summed E-state index contributed by atoms with van der Waals surface area (Å²) >= 11 is 0. The predicted octanol–water partition coefficient (Wildman–Crippen LogP) is 2.56. The van der Waals surface area contributed by atoms with E-state index in [1.165, 1.54) is 18.4 Å². The van der Waals surface area contributed by atoms with Gasteiger partial charge in [-0.05, 0) is 36.8 Å². The number of aliphatic carboxylic acids is 1. The second kappa shape index (κ2) is 4.93. The van der Waals surface area contributed by atoms with Gasteiger partial charge in [-0.25, -0.2) is 0 Å². The Bertz CT molecular complexity index is 550. The Labute approximate surface area is 118 Å². The van der Waals surface area contributed by atoms with E-state index in [1.54, 1.807) is 4.90 Å². The Morgan fingerprint density at radius 3 is 2.65 bits per heavy atom. The minimum Gasteiger partial charge on any atom is -0.481 e. The average Bonchev–Trinajstić information content (AvgIpc) is 3.22. The summed E-state index contributed by atoms with van der Waals surface area (Å²) < 4.78 is 0. The van der Waals surface area contributed by atoms with Gasteiger partial charge in [-0.15, -0.1) is 0 Å². The fraction of sp³-hybridized carbons (Fsp3) is 0.500. The first kappa shape index (κ1) is 13.2. The van der Waals surface area contributed by atoms with Gasteiger partial charge in [-0.3, -0.25) is 9.59 Å². The van der Waals surface area contributed by atoms with Crippen LogP contribution in [0.3, 0.4) is 0 Å². The van der Waals surface area contributed by atoms with E-state index in [9.17, 15) is 14.7 Å². The van der Waals surface area contributed by atoms with Crippen LogP contribution in [0.15, 0.2) is 24.3 Å². The highest BCUT2D eigenvalue weighted by atomic mass is 16.4. The summed E-state index contributed by atoms with van der Waals surface area (Å²) in [4.78, 5) is 25.1. The summed E-state index contributed by atoms with van der Waals surface area (Å²) in [6, 6.07) is 7.82. The van der Waals surface area contributed by atoms with Gasteiger partial charge in [0.1, 0.15) is 0 Å². The van der Waals surface area contributed by atoms with E-state index in [2.05, 4.69) is 12.1 Å². The standard InChI is InChI=1S/C16H19NO3/c1-2-17-14(18)9-13(16(19)20)15(17)12-5-3-4-11(8-12)10-6-7-10/h3-5,8,10,13,15H,2,6-7,9H2,1H3,(H,19,20). The number of benzene rings is 1. The predicted molar refractivity (Wildman–Crippen MR) is 74.3 cm³/mol. The Morgan fingerprint density at radius 1 is 1.35 bits per heavy atom. The van der Waals surface area contributed by atoms with E-state index in [0.717, 1.165) is 5.56 Å². The summed E-state index contributed by atoms with van der Waals surface area (Å²) in [6.45, 7) is 2.46. The first-order chi connectivity index (χ1) is 9.61. The van der Waals surface area contributed by atoms with Crippen LogP contribution >= 0.6 is 0 Å². The van der Waals surface area contributed by atoms with E-state index >= 15 is 0 Å². The summed E-state index contributed by atoms with van der Waals surface area (Å²) in [7, 11) is 0. The minimum atomic E-state index is -0.879. The molecule has 4 heteroatoms. The number of carbonyl (C=O) groups is 2. The number of amides is 1. The van der Waals surface area contributed by atoms with Gasteiger partial charge in [0.05, 0.1) is 12.0 Å². The number of hydrogen-bond acceptors (Lipinski definition) is 2. The molecule has 1 aromatic rings. The first-order valence-electron chi connectivity index (χ1n) is 7.24. The molecule has 0 aromatic heterocycles. The summed E-state index contributed by atoms with van der Waals surface area (Å²) in [5, 5.41) is 9.39. The maximum absolute atomic E-state index is 12.0. The molecule has 0 spiro atoms. The Balaban J connectivity index is 1.97. The quantitative estimate of drug-likeness (QED) is 0.917. The van der Waals surface area contributed by atoms with Crippen molar-refractivity contribution < 1.29 is 14.7 Å². The summed E-state index contributed by atoms with van der Waals surface area (Å²) in [5.74, 6) is -0.930. The fourth-order valence-corrected chi connectivity index (χ4v) is 3.21. The maximum atomic E-state index is 12.0. The first-order valence-corrected chi connectivity index (χ1v) is 7.24. The highest BCUT2D eigenvalue weighted by molar-refractivity contribution is 5.87. The lowest BCUT2D eigenvalue weighted by Crippen LogP contribution is -2.30. The number of carbonyl (C=O) groups excluding carboxylic acids is 1. The zero-order valence-electron chi connectivity index (χ0n) is 11.6. The lowest BCUT2D eigenvalue weighted by molar-refractivity contribution is -0.142. The highest BCUT2D eigenvalue weighted by Gasteiger charge is 2.44. The monoisotopic (exact) mass is 273 g/mol. The number of carboxylic acids is 1. The number of nitrogens with zero attached hydrogens (tertiary/aromatic N) is 1. The molecule has 1 saturated heterocycles. The van der Waals surface area contributed by atoms with Crippen molar-refractivity contribution >= 4 is 11.9 Å². The second-order valence-corrected chi connectivity index (χ2v) is 5.72. The average molecular weight is 273 g/mol. The third-order valence-corrected chi connectivity index (χ3v) is 4.39. The lowest BCUT2D eigenvalue weighted by Gasteiger charge is -2.26. The number of likely N-dealkylation sites (tertiary alicyclic amines) is 1. The molecule has 1 heterocycles. The van der Waals surface area contributed by atoms with Gasteiger partial charge in [0.25, 0.3) is 0 Å². The van der Waals surface area contributed by atoms with Crippen LogP contribution in [0, 0.1) is 5.92 Å². The molecule has 1 aliphatic carbocycles. The van der Waals surface area contributed by atoms with Crippen molar-refractivity contribution in [3.63, 3.8) is 0 Å². The van der Waals surface area contributed by atoms with Crippen LogP contribution in [0.2, 0.25) is 0 Å². The summed E-state index contributed by atoms with van der Waals surface area (Å²) in [5.41, 5.74) is 2.25. The van der Waals surface area contributed by atoms with E-state index in [1.807, 2.05) is 19.1 Å². The molecule has 0 radical (unpaired) electrons. The normalized spacial score (nSPS) is 26.1. The Morgan fingerprint density at radius 2 is 2.05 bits per heavy atom. The smallest absolute Gasteiger partial charge is 0.309 e. The topological polar surface area (TPSA) is 57.6 Å². The molecule has 1 amide bonds. The van der Waals surface area contributed by atoms with Crippen LogP contribution in [0.25, 0.3) is 0 Å². The zero-order valence-corrected chi connectivity index (χ0v) is 11.6. The SMILES string of the molecule is CCN1C(=O)CC(C(=O)O)C1c1cccc(C2CC2)c1. The van der Waals surface area contributed by atoms with Crippen molar-refractivity contribution in [2.24, 2.45) is 5.92 Å². The molecule has 2 atom stereocenters. The van der Waals surface area contributed by atoms with Gasteiger partial charge in [-0.1, -0.05) is 24.3 Å². The lowest BCUT2D eigenvalue weighted by atomic mass is 9.92. The van der Waals surface area contributed by atoms with Crippen molar-refractivity contribution in [1.29, 1.82) is 0 Å². The number of rotatable bonds is 4. The van der Waals surface area contributed by atoms with E-state index < -0.39 is 11.9 Å². The van der Waals surface area contributed by atoms with Crippen molar-refractivity contribution in [2.45, 2.75) is 38.1 Å². The molecule has 4 nitrogen and oxygen atoms in total. The van der Waals surface area contributed by atoms with Gasteiger partial charge in [0, 0.05) is 13.0 Å². The van der Waals surface area contributed by atoms with E-state index in [-0.39, 0.29) is 18.4 Å². The van der Waals surface area contributed by atoms with Gasteiger partial charge in [-0.2, -0.15) is 0 Å². The van der Waals surface area contributed by atoms with Crippen molar-refractivity contribution in [1.82, 2.24) is 4.90 Å². The Hall–Kier alpha value is -1.84. The molecule has 1 N–H and O–H groups in total. The van der Waals surface area contributed by atoms with Gasteiger partial charge >= 0.3 is 5.97 Å². The molecule has 1 aromatic carbocycles. The molecule has 20 heavy (non-hydrogen) atoms. The van der Waals surface area contributed by atoms with Gasteiger partial charge in [0.15, 0.2) is 0 Å². The zero-order chi connectivity index (χ0) is 14.3. The van der Waals surface area contributed by atoms with Crippen LogP contribution in [-0.4, -0.2) is 28.4 Å². The van der Waals surface area contributed by atoms with Crippen molar-refractivity contribution in [3.8, 4) is 0 Å². The van der Waals surface area contributed by atoms with Crippen LogP contribution < -0.4 is 0 Å². The van der Waals surface area contributed by atoms with Gasteiger partial charge < -0.3 is 10.0 Å². The van der Waals surface area contributed by atoms with Crippen molar-refractivity contribution in [2.75, 3.05) is 6.54 Å². The van der Waals surface area contributed by atoms with Crippen LogP contribution in [0.1, 0.15) is 49.3 Å². The largest absolute Gasteiger partial charge is 0.481 e. The summed E-state index contributed by atoms with van der Waals surface area (Å²) in [6.07, 6.45) is 2.54.